The first-order chi connectivity index (χ1) is 14.0. The molecule has 2 amide bonds. The lowest BCUT2D eigenvalue weighted by Crippen LogP contribution is -2.52. The predicted octanol–water partition coefficient (Wildman–Crippen LogP) is 1.75. The van der Waals surface area contributed by atoms with Crippen molar-refractivity contribution in [3.05, 3.63) is 31.1 Å². The second-order valence-corrected chi connectivity index (χ2v) is 7.91. The van der Waals surface area contributed by atoms with Gasteiger partial charge in [0.15, 0.2) is 0 Å². The van der Waals surface area contributed by atoms with E-state index < -0.39 is 0 Å². The van der Waals surface area contributed by atoms with E-state index in [-0.39, 0.29) is 23.9 Å². The molecule has 154 valence electrons. The lowest BCUT2D eigenvalue weighted by molar-refractivity contribution is -0.136. The highest BCUT2D eigenvalue weighted by molar-refractivity contribution is 6.10. The van der Waals surface area contributed by atoms with E-state index in [2.05, 4.69) is 21.4 Å². The summed E-state index contributed by atoms with van der Waals surface area (Å²) in [5.41, 5.74) is 8.06. The number of likely N-dealkylation sites (N-methyl/N-ethyl adjacent to an activating group) is 1. The average molecular weight is 396 g/mol. The number of nitrogens with two attached hydrogens (primary N) is 1. The van der Waals surface area contributed by atoms with E-state index in [1.54, 1.807) is 17.3 Å². The van der Waals surface area contributed by atoms with Crippen molar-refractivity contribution >= 4 is 34.2 Å². The molecule has 2 fully saturated rings. The Hall–Kier alpha value is -2.87. The third-order valence-electron chi connectivity index (χ3n) is 6.19. The standard InChI is InChI=1S/C21H28N6O2/c1-3-18(28)27(19-15-6-9-23-20(15)24-13-16(19)22)14-7-11-26(12-8-14)21(29)17-5-4-10-25(17)2/h3,6,9,13-14,17H,1,4-5,7-8,10-12,22H2,2H3,(H,23,24)/t17-/m0/s1. The average Bonchev–Trinajstić information content (AvgIpc) is 3.38. The van der Waals surface area contributed by atoms with Crippen molar-refractivity contribution in [3.63, 3.8) is 0 Å². The normalized spacial score (nSPS) is 20.9. The first-order valence-corrected chi connectivity index (χ1v) is 10.2. The van der Waals surface area contributed by atoms with Crippen LogP contribution in [0.1, 0.15) is 25.7 Å². The molecule has 4 rings (SSSR count). The number of H-pyrrole nitrogens is 1. The molecule has 29 heavy (non-hydrogen) atoms. The number of anilines is 2. The Morgan fingerprint density at radius 1 is 1.31 bits per heavy atom. The maximum atomic E-state index is 12.9. The first kappa shape index (κ1) is 19.4. The maximum Gasteiger partial charge on any atom is 0.250 e. The monoisotopic (exact) mass is 396 g/mol. The fourth-order valence-electron chi connectivity index (χ4n) is 4.63. The summed E-state index contributed by atoms with van der Waals surface area (Å²) in [6.45, 7) is 5.92. The molecule has 3 N–H and O–H groups in total. The number of piperidine rings is 1. The highest BCUT2D eigenvalue weighted by Crippen LogP contribution is 2.35. The summed E-state index contributed by atoms with van der Waals surface area (Å²) in [7, 11) is 2.02. The highest BCUT2D eigenvalue weighted by Gasteiger charge is 2.36. The van der Waals surface area contributed by atoms with Crippen LogP contribution in [0.5, 0.6) is 0 Å². The van der Waals surface area contributed by atoms with Crippen LogP contribution in [-0.4, -0.2) is 70.3 Å². The van der Waals surface area contributed by atoms with E-state index in [1.165, 1.54) is 6.08 Å². The van der Waals surface area contributed by atoms with Crippen LogP contribution in [0.4, 0.5) is 11.4 Å². The SMILES string of the molecule is C=CC(=O)N(c1c(N)cnc2[nH]ccc12)C1CCN(C(=O)[C@@H]2CCCN2C)CC1. The summed E-state index contributed by atoms with van der Waals surface area (Å²) in [4.78, 5) is 38.9. The van der Waals surface area contributed by atoms with E-state index in [4.69, 9.17) is 5.73 Å². The number of rotatable bonds is 4. The van der Waals surface area contributed by atoms with Crippen LogP contribution in [0.3, 0.4) is 0 Å². The number of fused-ring (bicyclic) bond motifs is 1. The van der Waals surface area contributed by atoms with Crippen molar-refractivity contribution < 1.29 is 9.59 Å². The van der Waals surface area contributed by atoms with Gasteiger partial charge in [0.05, 0.1) is 23.6 Å². The number of amides is 2. The third kappa shape index (κ3) is 3.48. The zero-order valence-electron chi connectivity index (χ0n) is 16.8. The third-order valence-corrected chi connectivity index (χ3v) is 6.19. The van der Waals surface area contributed by atoms with E-state index in [9.17, 15) is 9.59 Å². The molecule has 2 saturated heterocycles. The first-order valence-electron chi connectivity index (χ1n) is 10.2. The van der Waals surface area contributed by atoms with Gasteiger partial charge < -0.3 is 20.5 Å². The highest BCUT2D eigenvalue weighted by atomic mass is 16.2. The largest absolute Gasteiger partial charge is 0.396 e. The second-order valence-electron chi connectivity index (χ2n) is 7.91. The van der Waals surface area contributed by atoms with Crippen molar-refractivity contribution in [1.82, 2.24) is 19.8 Å². The van der Waals surface area contributed by atoms with E-state index in [0.29, 0.717) is 43.0 Å². The van der Waals surface area contributed by atoms with Gasteiger partial charge in [0.25, 0.3) is 5.91 Å². The fraction of sp³-hybridized carbons (Fsp3) is 0.476. The van der Waals surface area contributed by atoms with Crippen LogP contribution in [-0.2, 0) is 9.59 Å². The number of nitrogens with one attached hydrogen (secondary N) is 1. The van der Waals surface area contributed by atoms with Gasteiger partial charge in [0, 0.05) is 30.7 Å². The van der Waals surface area contributed by atoms with Gasteiger partial charge in [0.2, 0.25) is 5.91 Å². The molecule has 0 aromatic carbocycles. The zero-order chi connectivity index (χ0) is 20.5. The summed E-state index contributed by atoms with van der Waals surface area (Å²) in [6, 6.07) is 1.83. The Morgan fingerprint density at radius 2 is 2.07 bits per heavy atom. The lowest BCUT2D eigenvalue weighted by atomic mass is 10.00. The number of aromatic amines is 1. The maximum absolute atomic E-state index is 12.9. The molecular weight excluding hydrogens is 368 g/mol. The molecule has 2 aromatic rings. The lowest BCUT2D eigenvalue weighted by Gasteiger charge is -2.40. The minimum absolute atomic E-state index is 0.00668. The van der Waals surface area contributed by atoms with Crippen LogP contribution >= 0.6 is 0 Å². The van der Waals surface area contributed by atoms with Gasteiger partial charge in [-0.25, -0.2) is 4.98 Å². The number of pyridine rings is 1. The molecule has 0 aliphatic carbocycles. The number of likely N-dealkylation sites (tertiary alicyclic amines) is 2. The Morgan fingerprint density at radius 3 is 2.72 bits per heavy atom. The van der Waals surface area contributed by atoms with Gasteiger partial charge in [-0.05, 0) is 51.4 Å². The van der Waals surface area contributed by atoms with Gasteiger partial charge in [-0.15, -0.1) is 0 Å². The topological polar surface area (TPSA) is 98.6 Å². The van der Waals surface area contributed by atoms with Gasteiger partial charge in [-0.3, -0.25) is 14.5 Å². The number of carbonyl (C=O) groups is 2. The Bertz CT molecular complexity index is 930. The summed E-state index contributed by atoms with van der Waals surface area (Å²) < 4.78 is 0. The van der Waals surface area contributed by atoms with Crippen LogP contribution in [0.25, 0.3) is 11.0 Å². The molecular formula is C21H28N6O2. The van der Waals surface area contributed by atoms with E-state index >= 15 is 0 Å². The molecule has 0 spiro atoms. The summed E-state index contributed by atoms with van der Waals surface area (Å²) in [6.07, 6.45) is 8.09. The Labute approximate surface area is 170 Å². The molecule has 2 aromatic heterocycles. The molecule has 0 unspecified atom stereocenters. The fourth-order valence-corrected chi connectivity index (χ4v) is 4.63. The molecule has 4 heterocycles. The molecule has 0 radical (unpaired) electrons. The smallest absolute Gasteiger partial charge is 0.250 e. The molecule has 2 aliphatic rings. The number of nitrogens with zero attached hydrogens (tertiary/aromatic N) is 4. The van der Waals surface area contributed by atoms with Crippen molar-refractivity contribution in [2.75, 3.05) is 37.3 Å². The molecule has 8 heteroatoms. The van der Waals surface area contributed by atoms with Crippen molar-refractivity contribution in [1.29, 1.82) is 0 Å². The molecule has 8 nitrogen and oxygen atoms in total. The van der Waals surface area contributed by atoms with Crippen molar-refractivity contribution in [2.45, 2.75) is 37.8 Å². The minimum atomic E-state index is -0.189. The summed E-state index contributed by atoms with van der Waals surface area (Å²) >= 11 is 0. The van der Waals surface area contributed by atoms with Gasteiger partial charge in [-0.1, -0.05) is 6.58 Å². The number of hydrogen-bond donors (Lipinski definition) is 2. The molecule has 0 bridgehead atoms. The van der Waals surface area contributed by atoms with E-state index in [1.807, 2.05) is 18.0 Å². The molecule has 2 aliphatic heterocycles. The number of carbonyl (C=O) groups excluding carboxylic acids is 2. The number of aromatic nitrogens is 2. The summed E-state index contributed by atoms with van der Waals surface area (Å²) in [5.74, 6) is 0.0206. The quantitative estimate of drug-likeness (QED) is 0.767. The minimum Gasteiger partial charge on any atom is -0.396 e. The molecule has 0 saturated carbocycles. The molecule has 1 atom stereocenters. The van der Waals surface area contributed by atoms with Crippen LogP contribution in [0, 0.1) is 0 Å². The van der Waals surface area contributed by atoms with Crippen molar-refractivity contribution in [2.24, 2.45) is 0 Å². The number of hydrogen-bond acceptors (Lipinski definition) is 5. The van der Waals surface area contributed by atoms with E-state index in [0.717, 1.165) is 24.8 Å². The zero-order valence-corrected chi connectivity index (χ0v) is 16.8. The Balaban J connectivity index is 1.56. The second kappa shape index (κ2) is 7.87. The Kier molecular flexibility index (Phi) is 5.27. The predicted molar refractivity (Wildman–Crippen MR) is 113 cm³/mol. The number of nitrogen functional groups attached to an aromatic ring is 1. The van der Waals surface area contributed by atoms with Gasteiger partial charge >= 0.3 is 0 Å². The van der Waals surface area contributed by atoms with Gasteiger partial charge in [0.1, 0.15) is 5.65 Å². The van der Waals surface area contributed by atoms with Crippen LogP contribution < -0.4 is 10.6 Å². The van der Waals surface area contributed by atoms with Gasteiger partial charge in [-0.2, -0.15) is 0 Å². The van der Waals surface area contributed by atoms with Crippen LogP contribution in [0.2, 0.25) is 0 Å². The van der Waals surface area contributed by atoms with Crippen molar-refractivity contribution in [3.8, 4) is 0 Å². The summed E-state index contributed by atoms with van der Waals surface area (Å²) in [5, 5.41) is 0.811. The van der Waals surface area contributed by atoms with Crippen LogP contribution in [0.15, 0.2) is 31.1 Å².